The van der Waals surface area contributed by atoms with Crippen molar-refractivity contribution in [3.05, 3.63) is 29.8 Å². The van der Waals surface area contributed by atoms with E-state index in [-0.39, 0.29) is 36.5 Å². The van der Waals surface area contributed by atoms with Crippen LogP contribution in [0, 0.1) is 5.92 Å². The number of nitrogens with zero attached hydrogens (tertiary/aromatic N) is 2. The molecule has 8 heteroatoms. The topological polar surface area (TPSA) is 59.1 Å². The first-order valence-electron chi connectivity index (χ1n) is 11.7. The second-order valence-electron chi connectivity index (χ2n) is 8.94. The van der Waals surface area contributed by atoms with Gasteiger partial charge in [0.15, 0.2) is 6.61 Å². The normalized spacial score (nSPS) is 25.6. The predicted molar refractivity (Wildman–Crippen MR) is 130 cm³/mol. The molecule has 2 unspecified atom stereocenters. The monoisotopic (exact) mass is 478 g/mol. The van der Waals surface area contributed by atoms with E-state index in [4.69, 9.17) is 9.47 Å². The van der Waals surface area contributed by atoms with Gasteiger partial charge in [0, 0.05) is 32.1 Å². The number of benzene rings is 1. The highest BCUT2D eigenvalue weighted by Gasteiger charge is 2.33. The van der Waals surface area contributed by atoms with Gasteiger partial charge in [-0.1, -0.05) is 12.1 Å². The zero-order valence-corrected chi connectivity index (χ0v) is 20.7. The highest BCUT2D eigenvalue weighted by molar-refractivity contribution is 8.16. The van der Waals surface area contributed by atoms with Gasteiger partial charge in [0.25, 0.3) is 5.91 Å². The largest absolute Gasteiger partial charge is 0.484 e. The molecule has 0 aromatic heterocycles. The van der Waals surface area contributed by atoms with E-state index in [2.05, 4.69) is 12.1 Å². The van der Waals surface area contributed by atoms with Crippen LogP contribution < -0.4 is 4.74 Å². The van der Waals surface area contributed by atoms with Crippen LogP contribution in [0.3, 0.4) is 0 Å². The number of ether oxygens (including phenoxy) is 2. The van der Waals surface area contributed by atoms with Crippen LogP contribution in [0.2, 0.25) is 0 Å². The lowest BCUT2D eigenvalue weighted by Gasteiger charge is -2.39. The van der Waals surface area contributed by atoms with Gasteiger partial charge >= 0.3 is 0 Å². The van der Waals surface area contributed by atoms with Gasteiger partial charge in [-0.05, 0) is 62.3 Å². The number of hydrogen-bond acceptors (Lipinski definition) is 6. The molecular formula is C24H34N2O4S2. The summed E-state index contributed by atoms with van der Waals surface area (Å²) in [4.78, 5) is 29.3. The lowest BCUT2D eigenvalue weighted by molar-refractivity contribution is -0.150. The first-order valence-corrected chi connectivity index (χ1v) is 13.8. The van der Waals surface area contributed by atoms with Crippen LogP contribution in [0.5, 0.6) is 5.75 Å². The minimum atomic E-state index is -0.00742. The lowest BCUT2D eigenvalue weighted by Crippen LogP contribution is -2.52. The molecular weight excluding hydrogens is 444 g/mol. The Morgan fingerprint density at radius 3 is 2.25 bits per heavy atom. The molecule has 4 rings (SSSR count). The third kappa shape index (κ3) is 6.14. The molecule has 6 nitrogen and oxygen atoms in total. The summed E-state index contributed by atoms with van der Waals surface area (Å²) in [5.74, 6) is 3.38. The second kappa shape index (κ2) is 11.2. The third-order valence-corrected chi connectivity index (χ3v) is 9.28. The molecule has 1 aromatic carbocycles. The fourth-order valence-electron chi connectivity index (χ4n) is 4.63. The maximum Gasteiger partial charge on any atom is 0.260 e. The molecule has 32 heavy (non-hydrogen) atoms. The molecule has 0 N–H and O–H groups in total. The molecule has 2 atom stereocenters. The first kappa shape index (κ1) is 23.8. The first-order chi connectivity index (χ1) is 15.5. The molecule has 0 radical (unpaired) electrons. The van der Waals surface area contributed by atoms with Crippen molar-refractivity contribution in [2.24, 2.45) is 5.92 Å². The number of amides is 2. The summed E-state index contributed by atoms with van der Waals surface area (Å²) in [7, 11) is 0. The summed E-state index contributed by atoms with van der Waals surface area (Å²) in [6.45, 7) is 6.62. The standard InChI is InChI=1S/C24H34N2O4S2/c1-17-14-26(15-18(2)30-17)23(28)19-8-10-25(11-9-19)22(27)16-29-21-6-4-20(5-7-21)24-31-12-3-13-32-24/h4-7,17-19,24H,3,8-16H2,1-2H3. The van der Waals surface area contributed by atoms with Crippen molar-refractivity contribution in [1.82, 2.24) is 9.80 Å². The summed E-state index contributed by atoms with van der Waals surface area (Å²) in [6.07, 6.45) is 2.88. The van der Waals surface area contributed by atoms with Crippen molar-refractivity contribution < 1.29 is 19.1 Å². The van der Waals surface area contributed by atoms with Crippen molar-refractivity contribution >= 4 is 35.3 Å². The van der Waals surface area contributed by atoms with Crippen LogP contribution >= 0.6 is 23.5 Å². The highest BCUT2D eigenvalue weighted by Crippen LogP contribution is 2.43. The quantitative estimate of drug-likeness (QED) is 0.642. The fraction of sp³-hybridized carbons (Fsp3) is 0.667. The van der Waals surface area contributed by atoms with E-state index in [1.54, 1.807) is 0 Å². The van der Waals surface area contributed by atoms with Gasteiger partial charge in [0.1, 0.15) is 5.75 Å². The van der Waals surface area contributed by atoms with Crippen molar-refractivity contribution in [2.45, 2.75) is 49.9 Å². The molecule has 3 fully saturated rings. The van der Waals surface area contributed by atoms with Crippen LogP contribution in [0.15, 0.2) is 24.3 Å². The van der Waals surface area contributed by atoms with Gasteiger partial charge < -0.3 is 19.3 Å². The maximum atomic E-state index is 12.9. The van der Waals surface area contributed by atoms with Gasteiger partial charge in [0.05, 0.1) is 16.8 Å². The van der Waals surface area contributed by atoms with Gasteiger partial charge in [-0.25, -0.2) is 0 Å². The SMILES string of the molecule is CC1CN(C(=O)C2CCN(C(=O)COc3ccc(C4SCCCS4)cc3)CC2)CC(C)O1. The molecule has 3 aliphatic rings. The Bertz CT molecular complexity index is 767. The van der Waals surface area contributed by atoms with E-state index in [0.29, 0.717) is 30.8 Å². The Morgan fingerprint density at radius 2 is 1.62 bits per heavy atom. The molecule has 0 saturated carbocycles. The summed E-state index contributed by atoms with van der Waals surface area (Å²) in [5.41, 5.74) is 1.31. The number of carbonyl (C=O) groups excluding carboxylic acids is 2. The molecule has 3 aliphatic heterocycles. The molecule has 1 aromatic rings. The zero-order valence-electron chi connectivity index (χ0n) is 19.0. The summed E-state index contributed by atoms with van der Waals surface area (Å²) >= 11 is 4.00. The number of carbonyl (C=O) groups is 2. The van der Waals surface area contributed by atoms with E-state index < -0.39 is 0 Å². The van der Waals surface area contributed by atoms with Crippen molar-refractivity contribution in [3.63, 3.8) is 0 Å². The van der Waals surface area contributed by atoms with E-state index in [1.807, 2.05) is 59.3 Å². The molecule has 2 amide bonds. The summed E-state index contributed by atoms with van der Waals surface area (Å²) < 4.78 is 12.0. The Balaban J connectivity index is 1.20. The number of morpholine rings is 1. The van der Waals surface area contributed by atoms with Gasteiger partial charge in [-0.2, -0.15) is 0 Å². The Labute approximate surface area is 199 Å². The van der Waals surface area contributed by atoms with Gasteiger partial charge in [-0.3, -0.25) is 9.59 Å². The van der Waals surface area contributed by atoms with Crippen LogP contribution in [0.25, 0.3) is 0 Å². The van der Waals surface area contributed by atoms with E-state index in [9.17, 15) is 9.59 Å². The Hall–Kier alpha value is -1.38. The van der Waals surface area contributed by atoms with Crippen LogP contribution in [0.1, 0.15) is 43.3 Å². The Kier molecular flexibility index (Phi) is 8.29. The third-order valence-electron chi connectivity index (χ3n) is 6.27. The van der Waals surface area contributed by atoms with Crippen molar-refractivity contribution in [3.8, 4) is 5.75 Å². The minimum absolute atomic E-state index is 0.000500. The molecule has 3 heterocycles. The molecule has 3 saturated heterocycles. The van der Waals surface area contributed by atoms with Crippen molar-refractivity contribution in [1.29, 1.82) is 0 Å². The van der Waals surface area contributed by atoms with Crippen LogP contribution in [-0.4, -0.2) is 78.1 Å². The lowest BCUT2D eigenvalue weighted by atomic mass is 9.94. The summed E-state index contributed by atoms with van der Waals surface area (Å²) in [5, 5.41) is 0. The predicted octanol–water partition coefficient (Wildman–Crippen LogP) is 3.81. The molecule has 176 valence electrons. The molecule has 0 bridgehead atoms. The van der Waals surface area contributed by atoms with E-state index >= 15 is 0 Å². The summed E-state index contributed by atoms with van der Waals surface area (Å²) in [6, 6.07) is 8.15. The number of rotatable bonds is 5. The van der Waals surface area contributed by atoms with Gasteiger partial charge in [0.2, 0.25) is 5.91 Å². The van der Waals surface area contributed by atoms with Crippen LogP contribution in [-0.2, 0) is 14.3 Å². The van der Waals surface area contributed by atoms with Crippen molar-refractivity contribution in [2.75, 3.05) is 44.3 Å². The average molecular weight is 479 g/mol. The number of hydrogen-bond donors (Lipinski definition) is 0. The fourth-order valence-corrected chi connectivity index (χ4v) is 7.52. The second-order valence-corrected chi connectivity index (χ2v) is 11.7. The maximum absolute atomic E-state index is 12.9. The molecule has 0 spiro atoms. The molecule has 0 aliphatic carbocycles. The van der Waals surface area contributed by atoms with E-state index in [0.717, 1.165) is 18.6 Å². The van der Waals surface area contributed by atoms with E-state index in [1.165, 1.54) is 23.5 Å². The number of piperidine rings is 1. The zero-order chi connectivity index (χ0) is 22.5. The minimum Gasteiger partial charge on any atom is -0.484 e. The Morgan fingerprint density at radius 1 is 1.00 bits per heavy atom. The van der Waals surface area contributed by atoms with Crippen LogP contribution in [0.4, 0.5) is 0 Å². The smallest absolute Gasteiger partial charge is 0.260 e. The number of thioether (sulfide) groups is 2. The highest BCUT2D eigenvalue weighted by atomic mass is 32.2. The number of likely N-dealkylation sites (tertiary alicyclic amines) is 1. The average Bonchev–Trinajstić information content (AvgIpc) is 2.82. The van der Waals surface area contributed by atoms with Gasteiger partial charge in [-0.15, -0.1) is 23.5 Å².